The summed E-state index contributed by atoms with van der Waals surface area (Å²) < 4.78 is 5.26. The zero-order chi connectivity index (χ0) is 19.7. The Morgan fingerprint density at radius 1 is 1.11 bits per heavy atom. The van der Waals surface area contributed by atoms with Crippen molar-refractivity contribution in [2.75, 3.05) is 12.0 Å². The highest BCUT2D eigenvalue weighted by Crippen LogP contribution is 2.44. The van der Waals surface area contributed by atoms with Gasteiger partial charge in [-0.2, -0.15) is 0 Å². The fourth-order valence-corrected chi connectivity index (χ4v) is 3.21. The maximum atomic E-state index is 12.9. The van der Waals surface area contributed by atoms with Gasteiger partial charge in [-0.3, -0.25) is 14.5 Å². The first kappa shape index (κ1) is 18.5. The molecule has 6 heteroatoms. The van der Waals surface area contributed by atoms with E-state index >= 15 is 0 Å². The third kappa shape index (κ3) is 3.14. The van der Waals surface area contributed by atoms with Gasteiger partial charge in [-0.25, -0.2) is 0 Å². The Bertz CT molecular complexity index is 932. The van der Waals surface area contributed by atoms with Crippen molar-refractivity contribution in [3.8, 4) is 11.5 Å². The molecule has 0 bridgehead atoms. The third-order valence-electron chi connectivity index (χ3n) is 4.55. The number of methoxy groups -OCH3 is 1. The van der Waals surface area contributed by atoms with Crippen LogP contribution in [-0.2, 0) is 9.59 Å². The van der Waals surface area contributed by atoms with Crippen LogP contribution in [0.5, 0.6) is 11.5 Å². The number of Topliss-reactive ketones (excluding diaryl/α,β-unsaturated/α-hetero) is 1. The lowest BCUT2D eigenvalue weighted by atomic mass is 9.91. The second kappa shape index (κ2) is 7.15. The number of phenolic OH excluding ortho intramolecular Hbond substituents is 1. The number of carbonyl (C=O) groups excluding carboxylic acids is 2. The highest BCUT2D eigenvalue weighted by Gasteiger charge is 2.45. The van der Waals surface area contributed by atoms with Gasteiger partial charge in [-0.1, -0.05) is 38.1 Å². The highest BCUT2D eigenvalue weighted by atomic mass is 16.5. The maximum Gasteiger partial charge on any atom is 0.294 e. The molecule has 27 heavy (non-hydrogen) atoms. The molecular formula is C21H21NO5. The molecule has 0 aliphatic carbocycles. The van der Waals surface area contributed by atoms with Crippen LogP contribution in [-0.4, -0.2) is 29.0 Å². The SMILES string of the molecule is COc1cccc(C2C(C(=O)C(C)C)=C(O)C(=O)N2c2ccccc2O)c1. The number of rotatable bonds is 5. The van der Waals surface area contributed by atoms with Crippen LogP contribution in [0.15, 0.2) is 59.9 Å². The number of aliphatic hydroxyl groups excluding tert-OH is 1. The zero-order valence-corrected chi connectivity index (χ0v) is 15.3. The summed E-state index contributed by atoms with van der Waals surface area (Å²) in [6.45, 7) is 3.41. The van der Waals surface area contributed by atoms with Crippen molar-refractivity contribution in [1.82, 2.24) is 0 Å². The molecule has 1 atom stereocenters. The second-order valence-electron chi connectivity index (χ2n) is 6.62. The summed E-state index contributed by atoms with van der Waals surface area (Å²) in [5.41, 5.74) is 0.832. The fraction of sp³-hybridized carbons (Fsp3) is 0.238. The molecular weight excluding hydrogens is 346 g/mol. The minimum Gasteiger partial charge on any atom is -0.506 e. The number of nitrogens with zero attached hydrogens (tertiary/aromatic N) is 1. The number of ketones is 1. The number of para-hydroxylation sites is 2. The molecule has 2 aromatic rings. The fourth-order valence-electron chi connectivity index (χ4n) is 3.21. The number of hydrogen-bond donors (Lipinski definition) is 2. The van der Waals surface area contributed by atoms with Gasteiger partial charge in [-0.05, 0) is 29.8 Å². The number of anilines is 1. The Balaban J connectivity index is 2.23. The molecule has 0 radical (unpaired) electrons. The lowest BCUT2D eigenvalue weighted by molar-refractivity contribution is -0.119. The van der Waals surface area contributed by atoms with Crippen LogP contribution in [0.25, 0.3) is 0 Å². The first-order chi connectivity index (χ1) is 12.9. The van der Waals surface area contributed by atoms with Crippen molar-refractivity contribution < 1.29 is 24.5 Å². The van der Waals surface area contributed by atoms with Crippen molar-refractivity contribution in [3.05, 3.63) is 65.4 Å². The third-order valence-corrected chi connectivity index (χ3v) is 4.55. The summed E-state index contributed by atoms with van der Waals surface area (Å²) in [7, 11) is 1.52. The number of hydrogen-bond acceptors (Lipinski definition) is 5. The molecule has 140 valence electrons. The average Bonchev–Trinajstić information content (AvgIpc) is 2.92. The second-order valence-corrected chi connectivity index (χ2v) is 6.62. The molecule has 0 spiro atoms. The number of ether oxygens (including phenoxy) is 1. The molecule has 1 amide bonds. The Hall–Kier alpha value is -3.28. The largest absolute Gasteiger partial charge is 0.506 e. The van der Waals surface area contributed by atoms with Crippen LogP contribution in [0.2, 0.25) is 0 Å². The van der Waals surface area contributed by atoms with Gasteiger partial charge in [0, 0.05) is 5.92 Å². The molecule has 2 N–H and O–H groups in total. The zero-order valence-electron chi connectivity index (χ0n) is 15.3. The summed E-state index contributed by atoms with van der Waals surface area (Å²) in [6.07, 6.45) is 0. The van der Waals surface area contributed by atoms with E-state index in [-0.39, 0.29) is 22.8 Å². The van der Waals surface area contributed by atoms with Crippen LogP contribution in [0, 0.1) is 5.92 Å². The Kier molecular flexibility index (Phi) is 4.90. The molecule has 2 aromatic carbocycles. The van der Waals surface area contributed by atoms with Crippen molar-refractivity contribution in [1.29, 1.82) is 0 Å². The molecule has 1 unspecified atom stereocenters. The first-order valence-corrected chi connectivity index (χ1v) is 8.59. The maximum absolute atomic E-state index is 12.9. The number of aliphatic hydroxyl groups is 1. The first-order valence-electron chi connectivity index (χ1n) is 8.59. The number of carbonyl (C=O) groups is 2. The van der Waals surface area contributed by atoms with E-state index in [0.717, 1.165) is 0 Å². The molecule has 0 saturated carbocycles. The summed E-state index contributed by atoms with van der Waals surface area (Å²) in [5, 5.41) is 20.8. The number of amides is 1. The van der Waals surface area contributed by atoms with Crippen LogP contribution >= 0.6 is 0 Å². The normalized spacial score (nSPS) is 17.0. The van der Waals surface area contributed by atoms with Gasteiger partial charge in [-0.15, -0.1) is 0 Å². The Morgan fingerprint density at radius 3 is 2.44 bits per heavy atom. The lowest BCUT2D eigenvalue weighted by Gasteiger charge is -2.28. The van der Waals surface area contributed by atoms with Crippen LogP contribution in [0.1, 0.15) is 25.5 Å². The van der Waals surface area contributed by atoms with E-state index in [9.17, 15) is 19.8 Å². The van der Waals surface area contributed by atoms with Gasteiger partial charge >= 0.3 is 0 Å². The van der Waals surface area contributed by atoms with Crippen LogP contribution in [0.4, 0.5) is 5.69 Å². The van der Waals surface area contributed by atoms with E-state index in [1.54, 1.807) is 56.3 Å². The predicted octanol–water partition coefficient (Wildman–Crippen LogP) is 3.53. The minimum atomic E-state index is -0.865. The monoisotopic (exact) mass is 367 g/mol. The standard InChI is InChI=1S/C21H21NO5/c1-12(2)19(24)17-18(13-7-6-8-14(11-13)27-3)22(21(26)20(17)25)15-9-4-5-10-16(15)23/h4-12,18,23,25H,1-3H3. The van der Waals surface area contributed by atoms with E-state index in [2.05, 4.69) is 0 Å². The summed E-state index contributed by atoms with van der Waals surface area (Å²) >= 11 is 0. The molecule has 1 heterocycles. The van der Waals surface area contributed by atoms with Crippen molar-refractivity contribution >= 4 is 17.4 Å². The van der Waals surface area contributed by atoms with Gasteiger partial charge in [0.1, 0.15) is 11.5 Å². The lowest BCUT2D eigenvalue weighted by Crippen LogP contribution is -2.31. The summed E-state index contributed by atoms with van der Waals surface area (Å²) in [6, 6.07) is 12.4. The minimum absolute atomic E-state index is 0.0199. The molecule has 0 saturated heterocycles. The van der Waals surface area contributed by atoms with E-state index in [4.69, 9.17) is 4.74 Å². The summed E-state index contributed by atoms with van der Waals surface area (Å²) in [4.78, 5) is 26.9. The van der Waals surface area contributed by atoms with Gasteiger partial charge in [0.25, 0.3) is 5.91 Å². The molecule has 3 rings (SSSR count). The van der Waals surface area contributed by atoms with Crippen molar-refractivity contribution in [3.63, 3.8) is 0 Å². The van der Waals surface area contributed by atoms with Gasteiger partial charge in [0.15, 0.2) is 11.5 Å². The molecule has 1 aliphatic heterocycles. The number of phenols is 1. The predicted molar refractivity (Wildman–Crippen MR) is 101 cm³/mol. The van der Waals surface area contributed by atoms with Crippen LogP contribution < -0.4 is 9.64 Å². The molecule has 1 aliphatic rings. The van der Waals surface area contributed by atoms with E-state index in [0.29, 0.717) is 11.3 Å². The topological polar surface area (TPSA) is 87.1 Å². The average molecular weight is 367 g/mol. The van der Waals surface area contributed by atoms with Gasteiger partial charge in [0.05, 0.1) is 24.4 Å². The van der Waals surface area contributed by atoms with Crippen molar-refractivity contribution in [2.45, 2.75) is 19.9 Å². The van der Waals surface area contributed by atoms with Gasteiger partial charge in [0.2, 0.25) is 0 Å². The van der Waals surface area contributed by atoms with E-state index in [1.807, 2.05) is 0 Å². The van der Waals surface area contributed by atoms with E-state index < -0.39 is 23.6 Å². The van der Waals surface area contributed by atoms with E-state index in [1.165, 1.54) is 18.1 Å². The number of benzene rings is 2. The molecule has 0 fully saturated rings. The molecule has 6 nitrogen and oxygen atoms in total. The highest BCUT2D eigenvalue weighted by molar-refractivity contribution is 6.17. The van der Waals surface area contributed by atoms with Crippen molar-refractivity contribution in [2.24, 2.45) is 5.92 Å². The quantitative estimate of drug-likeness (QED) is 0.844. The molecule has 0 aromatic heterocycles. The number of aromatic hydroxyl groups is 1. The summed E-state index contributed by atoms with van der Waals surface area (Å²) in [5.74, 6) is -1.62. The van der Waals surface area contributed by atoms with Gasteiger partial charge < -0.3 is 14.9 Å². The Morgan fingerprint density at radius 2 is 1.81 bits per heavy atom. The van der Waals surface area contributed by atoms with Crippen LogP contribution in [0.3, 0.4) is 0 Å². The smallest absolute Gasteiger partial charge is 0.294 e. The Labute approximate surface area is 157 Å².